The Labute approximate surface area is 251 Å². The van der Waals surface area contributed by atoms with E-state index >= 15 is 0 Å². The summed E-state index contributed by atoms with van der Waals surface area (Å²) in [5.41, 5.74) is 2.64. The maximum absolute atomic E-state index is 13.1. The van der Waals surface area contributed by atoms with Crippen LogP contribution in [0, 0.1) is 11.3 Å². The van der Waals surface area contributed by atoms with Gasteiger partial charge in [-0.15, -0.1) is 11.3 Å². The van der Waals surface area contributed by atoms with E-state index in [4.69, 9.17) is 13.9 Å². The van der Waals surface area contributed by atoms with E-state index in [1.807, 2.05) is 47.8 Å². The van der Waals surface area contributed by atoms with Crippen LogP contribution in [0.15, 0.2) is 110 Å². The molecule has 0 radical (unpaired) electrons. The highest BCUT2D eigenvalue weighted by molar-refractivity contribution is 9.10. The molecule has 0 aliphatic heterocycles. The van der Waals surface area contributed by atoms with Gasteiger partial charge in [0.2, 0.25) is 12.0 Å². The quantitative estimate of drug-likeness (QED) is 0.115. The molecule has 6 nitrogen and oxygen atoms in total. The van der Waals surface area contributed by atoms with E-state index in [0.717, 1.165) is 19.4 Å². The van der Waals surface area contributed by atoms with Gasteiger partial charge in [-0.05, 0) is 53.9 Å². The molecule has 0 saturated heterocycles. The number of rotatable bonds is 9. The van der Waals surface area contributed by atoms with E-state index in [9.17, 15) is 10.1 Å². The van der Waals surface area contributed by atoms with E-state index in [2.05, 4.69) is 49.5 Å². The predicted octanol–water partition coefficient (Wildman–Crippen LogP) is 8.98. The maximum atomic E-state index is 13.1. The van der Waals surface area contributed by atoms with Gasteiger partial charge in [-0.2, -0.15) is 5.26 Å². The second kappa shape index (κ2) is 12.5. The summed E-state index contributed by atoms with van der Waals surface area (Å²) in [6.45, 7) is 3.62. The summed E-state index contributed by atoms with van der Waals surface area (Å²) in [6, 6.07) is 26.3. The van der Waals surface area contributed by atoms with Crippen molar-refractivity contribution in [3.05, 3.63) is 117 Å². The number of nitriles is 1. The van der Waals surface area contributed by atoms with Crippen LogP contribution in [0.1, 0.15) is 17.2 Å². The SMILES string of the molecule is C=CCOC(=O)C(Oc1nc(-c2cccs2)cc(-c2ccc(-c3ccc(Br)cc3)o2)c1C#N)c1ccc(Br)cc1. The average molecular weight is 676 g/mol. The molecule has 9 heteroatoms. The minimum absolute atomic E-state index is 0.00605. The molecule has 5 rings (SSSR count). The largest absolute Gasteiger partial charge is 0.458 e. The highest BCUT2D eigenvalue weighted by Gasteiger charge is 2.28. The van der Waals surface area contributed by atoms with Crippen molar-refractivity contribution in [1.82, 2.24) is 4.98 Å². The summed E-state index contributed by atoms with van der Waals surface area (Å²) in [7, 11) is 0. The number of hydrogen-bond acceptors (Lipinski definition) is 7. The second-order valence-electron chi connectivity index (χ2n) is 8.46. The summed E-state index contributed by atoms with van der Waals surface area (Å²) in [5, 5.41) is 12.2. The van der Waals surface area contributed by atoms with Gasteiger partial charge < -0.3 is 13.9 Å². The Kier molecular flexibility index (Phi) is 8.60. The molecule has 0 N–H and O–H groups in total. The Morgan fingerprint density at radius 1 is 1.05 bits per heavy atom. The molecular weight excluding hydrogens is 656 g/mol. The zero-order valence-corrected chi connectivity index (χ0v) is 24.8. The standard InChI is InChI=1S/C31H20Br2N2O4S/c1-2-15-37-31(36)29(20-7-11-22(33)12-8-20)39-30-24(18-34)23(17-25(35-30)28-4-3-16-40-28)27-14-13-26(38-27)19-5-9-21(32)10-6-19/h2-14,16-17,29H,1,15H2. The van der Waals surface area contributed by atoms with Crippen LogP contribution in [0.4, 0.5) is 0 Å². The van der Waals surface area contributed by atoms with Gasteiger partial charge in [0.1, 0.15) is 29.8 Å². The van der Waals surface area contributed by atoms with Crippen LogP contribution in [0.25, 0.3) is 33.2 Å². The van der Waals surface area contributed by atoms with Crippen LogP contribution in [0.5, 0.6) is 5.88 Å². The van der Waals surface area contributed by atoms with Gasteiger partial charge in [0, 0.05) is 25.6 Å². The van der Waals surface area contributed by atoms with Gasteiger partial charge >= 0.3 is 5.97 Å². The highest BCUT2D eigenvalue weighted by Crippen LogP contribution is 2.38. The monoisotopic (exact) mass is 674 g/mol. The molecule has 0 bridgehead atoms. The Balaban J connectivity index is 1.62. The number of aromatic nitrogens is 1. The van der Waals surface area contributed by atoms with Crippen molar-refractivity contribution in [2.75, 3.05) is 6.61 Å². The molecule has 0 fully saturated rings. The van der Waals surface area contributed by atoms with Gasteiger partial charge in [-0.3, -0.25) is 0 Å². The Morgan fingerprint density at radius 3 is 2.40 bits per heavy atom. The number of carbonyl (C=O) groups is 1. The van der Waals surface area contributed by atoms with Gasteiger partial charge in [0.15, 0.2) is 0 Å². The molecule has 198 valence electrons. The van der Waals surface area contributed by atoms with Crippen LogP contribution < -0.4 is 4.74 Å². The van der Waals surface area contributed by atoms with E-state index in [1.54, 1.807) is 36.4 Å². The van der Waals surface area contributed by atoms with Crippen molar-refractivity contribution in [2.24, 2.45) is 0 Å². The molecule has 0 spiro atoms. The molecule has 1 atom stereocenters. The summed E-state index contributed by atoms with van der Waals surface area (Å²) < 4.78 is 19.6. The third-order valence-corrected chi connectivity index (χ3v) is 7.78. The number of carbonyl (C=O) groups excluding carboxylic acids is 1. The summed E-state index contributed by atoms with van der Waals surface area (Å²) in [4.78, 5) is 18.6. The number of ether oxygens (including phenoxy) is 2. The van der Waals surface area contributed by atoms with E-state index < -0.39 is 12.1 Å². The molecular formula is C31H20Br2N2O4S. The Morgan fingerprint density at radius 2 is 1.75 bits per heavy atom. The molecule has 5 aromatic rings. The van der Waals surface area contributed by atoms with Crippen LogP contribution in [0.2, 0.25) is 0 Å². The van der Waals surface area contributed by atoms with E-state index in [1.165, 1.54) is 17.4 Å². The average Bonchev–Trinajstić information content (AvgIpc) is 3.68. The molecule has 3 heterocycles. The topological polar surface area (TPSA) is 85.3 Å². The van der Waals surface area contributed by atoms with Crippen LogP contribution in [0.3, 0.4) is 0 Å². The first-order valence-corrected chi connectivity index (χ1v) is 14.5. The lowest BCUT2D eigenvalue weighted by Crippen LogP contribution is -2.22. The summed E-state index contributed by atoms with van der Waals surface area (Å²) in [6.07, 6.45) is 0.305. The molecule has 0 saturated carbocycles. The van der Waals surface area contributed by atoms with Crippen molar-refractivity contribution in [1.29, 1.82) is 5.26 Å². The first kappa shape index (κ1) is 27.6. The smallest absolute Gasteiger partial charge is 0.352 e. The predicted molar refractivity (Wildman–Crippen MR) is 162 cm³/mol. The molecule has 40 heavy (non-hydrogen) atoms. The minimum Gasteiger partial charge on any atom is -0.458 e. The number of halogens is 2. The molecule has 3 aromatic heterocycles. The van der Waals surface area contributed by atoms with Crippen molar-refractivity contribution in [3.63, 3.8) is 0 Å². The lowest BCUT2D eigenvalue weighted by molar-refractivity contribution is -0.151. The van der Waals surface area contributed by atoms with Crippen LogP contribution >= 0.6 is 43.2 Å². The van der Waals surface area contributed by atoms with Crippen molar-refractivity contribution < 1.29 is 18.7 Å². The number of hydrogen-bond donors (Lipinski definition) is 0. The lowest BCUT2D eigenvalue weighted by atomic mass is 10.1. The van der Waals surface area contributed by atoms with Crippen molar-refractivity contribution in [3.8, 4) is 45.2 Å². The van der Waals surface area contributed by atoms with Crippen LogP contribution in [-0.2, 0) is 9.53 Å². The zero-order chi connectivity index (χ0) is 28.1. The number of thiophene rings is 1. The second-order valence-corrected chi connectivity index (χ2v) is 11.2. The zero-order valence-electron chi connectivity index (χ0n) is 20.8. The first-order chi connectivity index (χ1) is 19.5. The fraction of sp³-hybridized carbons (Fsp3) is 0.0645. The van der Waals surface area contributed by atoms with Gasteiger partial charge in [-0.25, -0.2) is 9.78 Å². The molecule has 0 aliphatic carbocycles. The first-order valence-electron chi connectivity index (χ1n) is 12.0. The number of furan rings is 1. The molecule has 1 unspecified atom stereocenters. The lowest BCUT2D eigenvalue weighted by Gasteiger charge is -2.19. The molecule has 0 aliphatic rings. The van der Waals surface area contributed by atoms with E-state index in [0.29, 0.717) is 28.3 Å². The highest BCUT2D eigenvalue weighted by atomic mass is 79.9. The normalized spacial score (nSPS) is 11.4. The third kappa shape index (κ3) is 6.10. The van der Waals surface area contributed by atoms with Gasteiger partial charge in [0.25, 0.3) is 0 Å². The maximum Gasteiger partial charge on any atom is 0.352 e. The van der Waals surface area contributed by atoms with E-state index in [-0.39, 0.29) is 18.1 Å². The number of esters is 1. The fourth-order valence-electron chi connectivity index (χ4n) is 3.93. The number of pyridine rings is 1. The molecule has 0 amide bonds. The Bertz CT molecular complexity index is 1690. The van der Waals surface area contributed by atoms with Crippen molar-refractivity contribution >= 4 is 49.2 Å². The number of benzene rings is 2. The van der Waals surface area contributed by atoms with Gasteiger partial charge in [-0.1, -0.05) is 74.8 Å². The molecule has 2 aromatic carbocycles. The van der Waals surface area contributed by atoms with Crippen molar-refractivity contribution in [2.45, 2.75) is 6.10 Å². The number of nitrogens with zero attached hydrogens (tertiary/aromatic N) is 2. The minimum atomic E-state index is -1.17. The van der Waals surface area contributed by atoms with Gasteiger partial charge in [0.05, 0.1) is 10.6 Å². The Hall–Kier alpha value is -3.97. The third-order valence-electron chi connectivity index (χ3n) is 5.83. The summed E-state index contributed by atoms with van der Waals surface area (Å²) in [5.74, 6) is 0.470. The fourth-order valence-corrected chi connectivity index (χ4v) is 5.14. The van der Waals surface area contributed by atoms with Crippen LogP contribution in [-0.4, -0.2) is 17.6 Å². The summed E-state index contributed by atoms with van der Waals surface area (Å²) >= 11 is 8.36.